The van der Waals surface area contributed by atoms with Crippen LogP contribution in [0.5, 0.6) is 0 Å². The fourth-order valence-electron chi connectivity index (χ4n) is 1.79. The van der Waals surface area contributed by atoms with E-state index < -0.39 is 18.3 Å². The molecular formula is C12H10F2N2O3. The number of carboxylic acids is 1. The van der Waals surface area contributed by atoms with Gasteiger partial charge >= 0.3 is 12.4 Å². The van der Waals surface area contributed by atoms with Crippen LogP contribution in [0, 0.1) is 13.8 Å². The minimum atomic E-state index is -2.89. The minimum Gasteiger partial charge on any atom is -0.478 e. The van der Waals surface area contributed by atoms with E-state index in [1.165, 1.54) is 0 Å². The Balaban J connectivity index is 2.66. The van der Waals surface area contributed by atoms with Crippen LogP contribution < -0.4 is 0 Å². The summed E-state index contributed by atoms with van der Waals surface area (Å²) in [6.45, 7) is 3.25. The monoisotopic (exact) mass is 268 g/mol. The molecule has 0 aliphatic carbocycles. The zero-order chi connectivity index (χ0) is 14.2. The molecular weight excluding hydrogens is 258 g/mol. The van der Waals surface area contributed by atoms with Gasteiger partial charge < -0.3 is 9.52 Å². The molecule has 1 heterocycles. The number of aromatic carboxylic acids is 1. The fraction of sp³-hybridized carbons (Fsp3) is 0.250. The summed E-state index contributed by atoms with van der Waals surface area (Å²) in [4.78, 5) is 11.3. The van der Waals surface area contributed by atoms with Gasteiger partial charge in [0.15, 0.2) is 0 Å². The van der Waals surface area contributed by atoms with Gasteiger partial charge in [0.25, 0.3) is 5.89 Å². The molecule has 0 amide bonds. The van der Waals surface area contributed by atoms with Gasteiger partial charge in [-0.2, -0.15) is 8.78 Å². The Bertz CT molecular complexity index is 638. The lowest BCUT2D eigenvalue weighted by molar-refractivity contribution is 0.0696. The predicted molar refractivity (Wildman–Crippen MR) is 61.1 cm³/mol. The standard InChI is InChI=1S/C12H10F2N2O3/c1-5-3-4-6(2)8(12(17)18)7(5)10-15-16-11(19-10)9(13)14/h3-4,9H,1-2H3,(H,17,18). The molecule has 2 aromatic rings. The predicted octanol–water partition coefficient (Wildman–Crippen LogP) is 2.99. The lowest BCUT2D eigenvalue weighted by Gasteiger charge is -2.08. The van der Waals surface area contributed by atoms with Crippen LogP contribution in [-0.2, 0) is 0 Å². The van der Waals surface area contributed by atoms with Crippen LogP contribution in [0.2, 0.25) is 0 Å². The van der Waals surface area contributed by atoms with E-state index in [1.54, 1.807) is 26.0 Å². The molecule has 0 unspecified atom stereocenters. The number of halogens is 2. The van der Waals surface area contributed by atoms with Gasteiger partial charge in [-0.15, -0.1) is 10.2 Å². The van der Waals surface area contributed by atoms with Crippen LogP contribution in [0.3, 0.4) is 0 Å². The van der Waals surface area contributed by atoms with Gasteiger partial charge in [-0.25, -0.2) is 4.79 Å². The third kappa shape index (κ3) is 2.31. The molecule has 0 saturated heterocycles. The molecule has 0 aliphatic rings. The molecule has 1 aromatic heterocycles. The molecule has 7 heteroatoms. The van der Waals surface area contributed by atoms with Crippen molar-refractivity contribution in [2.75, 3.05) is 0 Å². The molecule has 0 spiro atoms. The molecule has 2 rings (SSSR count). The van der Waals surface area contributed by atoms with E-state index in [9.17, 15) is 18.7 Å². The average Bonchev–Trinajstić information content (AvgIpc) is 2.80. The number of carbonyl (C=O) groups is 1. The molecule has 0 radical (unpaired) electrons. The Kier molecular flexibility index (Phi) is 3.28. The van der Waals surface area contributed by atoms with Gasteiger partial charge in [-0.1, -0.05) is 12.1 Å². The molecule has 100 valence electrons. The van der Waals surface area contributed by atoms with Gasteiger partial charge in [0, 0.05) is 0 Å². The molecule has 0 atom stereocenters. The maximum Gasteiger partial charge on any atom is 0.336 e. The lowest BCUT2D eigenvalue weighted by atomic mass is 9.97. The van der Waals surface area contributed by atoms with Crippen molar-refractivity contribution in [1.82, 2.24) is 10.2 Å². The van der Waals surface area contributed by atoms with Crippen molar-refractivity contribution < 1.29 is 23.1 Å². The number of nitrogens with zero attached hydrogens (tertiary/aromatic N) is 2. The van der Waals surface area contributed by atoms with E-state index in [0.29, 0.717) is 11.1 Å². The number of aromatic nitrogens is 2. The second-order valence-corrected chi connectivity index (χ2v) is 4.00. The minimum absolute atomic E-state index is 0.0236. The van der Waals surface area contributed by atoms with Crippen molar-refractivity contribution in [3.63, 3.8) is 0 Å². The number of alkyl halides is 2. The largest absolute Gasteiger partial charge is 0.478 e. The van der Waals surface area contributed by atoms with Crippen molar-refractivity contribution in [3.05, 3.63) is 34.7 Å². The summed E-state index contributed by atoms with van der Waals surface area (Å²) in [6.07, 6.45) is -2.89. The summed E-state index contributed by atoms with van der Waals surface area (Å²) in [6, 6.07) is 3.30. The summed E-state index contributed by atoms with van der Waals surface area (Å²) in [5.41, 5.74) is 1.20. The molecule has 0 aliphatic heterocycles. The summed E-state index contributed by atoms with van der Waals surface area (Å²) in [5, 5.41) is 15.9. The van der Waals surface area contributed by atoms with Crippen molar-refractivity contribution in [3.8, 4) is 11.5 Å². The highest BCUT2D eigenvalue weighted by Gasteiger charge is 2.23. The Morgan fingerprint density at radius 1 is 1.26 bits per heavy atom. The summed E-state index contributed by atoms with van der Waals surface area (Å²) in [5.74, 6) is -2.21. The second-order valence-electron chi connectivity index (χ2n) is 4.00. The first-order chi connectivity index (χ1) is 8.91. The number of rotatable bonds is 3. The Hall–Kier alpha value is -2.31. The van der Waals surface area contributed by atoms with Crippen LogP contribution in [-0.4, -0.2) is 21.3 Å². The van der Waals surface area contributed by atoms with E-state index >= 15 is 0 Å². The van der Waals surface area contributed by atoms with Crippen molar-refractivity contribution in [2.24, 2.45) is 0 Å². The van der Waals surface area contributed by atoms with Gasteiger partial charge in [0.05, 0.1) is 11.1 Å². The van der Waals surface area contributed by atoms with Gasteiger partial charge in [0.1, 0.15) is 0 Å². The van der Waals surface area contributed by atoms with Crippen LogP contribution >= 0.6 is 0 Å². The zero-order valence-electron chi connectivity index (χ0n) is 10.1. The van der Waals surface area contributed by atoms with E-state index in [0.717, 1.165) is 0 Å². The number of carboxylic acid groups (broad SMARTS) is 1. The summed E-state index contributed by atoms with van der Waals surface area (Å²) < 4.78 is 29.7. The molecule has 1 N–H and O–H groups in total. The average molecular weight is 268 g/mol. The van der Waals surface area contributed by atoms with Gasteiger partial charge in [-0.3, -0.25) is 0 Å². The van der Waals surface area contributed by atoms with E-state index in [2.05, 4.69) is 10.2 Å². The number of aryl methyl sites for hydroxylation is 2. The van der Waals surface area contributed by atoms with Crippen LogP contribution in [0.25, 0.3) is 11.5 Å². The third-order valence-electron chi connectivity index (χ3n) is 2.68. The first kappa shape index (κ1) is 13.1. The van der Waals surface area contributed by atoms with Gasteiger partial charge in [0.2, 0.25) is 5.89 Å². The molecule has 0 bridgehead atoms. The third-order valence-corrected chi connectivity index (χ3v) is 2.68. The van der Waals surface area contributed by atoms with Crippen LogP contribution in [0.1, 0.15) is 33.8 Å². The highest BCUT2D eigenvalue weighted by molar-refractivity contribution is 5.97. The van der Waals surface area contributed by atoms with E-state index in [4.69, 9.17) is 4.42 Å². The molecule has 1 aromatic carbocycles. The lowest BCUT2D eigenvalue weighted by Crippen LogP contribution is -2.04. The fourth-order valence-corrected chi connectivity index (χ4v) is 1.79. The van der Waals surface area contributed by atoms with E-state index in [-0.39, 0.29) is 17.0 Å². The van der Waals surface area contributed by atoms with Crippen molar-refractivity contribution in [1.29, 1.82) is 0 Å². The smallest absolute Gasteiger partial charge is 0.336 e. The molecule has 19 heavy (non-hydrogen) atoms. The zero-order valence-corrected chi connectivity index (χ0v) is 10.1. The maximum absolute atomic E-state index is 12.4. The SMILES string of the molecule is Cc1ccc(C)c(-c2nnc(C(F)F)o2)c1C(=O)O. The maximum atomic E-state index is 12.4. The Morgan fingerprint density at radius 3 is 2.42 bits per heavy atom. The van der Waals surface area contributed by atoms with Crippen molar-refractivity contribution >= 4 is 5.97 Å². The van der Waals surface area contributed by atoms with Gasteiger partial charge in [-0.05, 0) is 25.0 Å². The summed E-state index contributed by atoms with van der Waals surface area (Å²) >= 11 is 0. The first-order valence-corrected chi connectivity index (χ1v) is 5.37. The van der Waals surface area contributed by atoms with Crippen LogP contribution in [0.15, 0.2) is 16.5 Å². The number of benzene rings is 1. The second kappa shape index (κ2) is 4.75. The number of hydrogen-bond donors (Lipinski definition) is 1. The van der Waals surface area contributed by atoms with E-state index in [1.807, 2.05) is 0 Å². The Morgan fingerprint density at radius 2 is 1.89 bits per heavy atom. The molecule has 0 fully saturated rings. The highest BCUT2D eigenvalue weighted by atomic mass is 19.3. The highest BCUT2D eigenvalue weighted by Crippen LogP contribution is 2.30. The summed E-state index contributed by atoms with van der Waals surface area (Å²) in [7, 11) is 0. The quantitative estimate of drug-likeness (QED) is 0.925. The van der Waals surface area contributed by atoms with Crippen molar-refractivity contribution in [2.45, 2.75) is 20.3 Å². The first-order valence-electron chi connectivity index (χ1n) is 5.37. The topological polar surface area (TPSA) is 76.2 Å². The molecule has 5 nitrogen and oxygen atoms in total. The normalized spacial score (nSPS) is 11.0. The van der Waals surface area contributed by atoms with Crippen LogP contribution in [0.4, 0.5) is 8.78 Å². The number of hydrogen-bond acceptors (Lipinski definition) is 4. The Labute approximate surface area is 106 Å². The molecule has 0 saturated carbocycles.